The fourth-order valence-electron chi connectivity index (χ4n) is 3.52. The lowest BCUT2D eigenvalue weighted by molar-refractivity contribution is 0.0258. The van der Waals surface area contributed by atoms with Gasteiger partial charge in [-0.3, -0.25) is 0 Å². The molecule has 6 nitrogen and oxygen atoms in total. The average Bonchev–Trinajstić information content (AvgIpc) is 3.01. The Morgan fingerprint density at radius 1 is 1.19 bits per heavy atom. The van der Waals surface area contributed by atoms with E-state index in [4.69, 9.17) is 19.9 Å². The van der Waals surface area contributed by atoms with Crippen LogP contribution in [0.2, 0.25) is 0 Å². The first-order chi connectivity index (χ1) is 12.7. The van der Waals surface area contributed by atoms with E-state index in [1.807, 2.05) is 35.9 Å². The molecule has 1 saturated heterocycles. The molecule has 1 aliphatic rings. The first-order valence-corrected chi connectivity index (χ1v) is 8.79. The van der Waals surface area contributed by atoms with Crippen LogP contribution in [-0.4, -0.2) is 36.0 Å². The second kappa shape index (κ2) is 6.88. The van der Waals surface area contributed by atoms with Crippen LogP contribution in [0.5, 0.6) is 11.6 Å². The van der Waals surface area contributed by atoms with Gasteiger partial charge in [-0.05, 0) is 24.3 Å². The van der Waals surface area contributed by atoms with Crippen molar-refractivity contribution in [2.75, 3.05) is 26.1 Å². The first kappa shape index (κ1) is 16.7. The maximum Gasteiger partial charge on any atom is 0.238 e. The molecule has 0 saturated carbocycles. The summed E-state index contributed by atoms with van der Waals surface area (Å²) in [6, 6.07) is 7.80. The van der Waals surface area contributed by atoms with Crippen LogP contribution in [0.25, 0.3) is 22.0 Å². The number of anilines is 1. The minimum Gasteiger partial charge on any atom is -0.490 e. The van der Waals surface area contributed by atoms with Gasteiger partial charge in [0.05, 0.1) is 20.3 Å². The predicted octanol–water partition coefficient (Wildman–Crippen LogP) is 3.39. The molecule has 0 spiro atoms. The normalized spacial score (nSPS) is 15.3. The number of nitrogens with zero attached hydrogens (tertiary/aromatic N) is 2. The zero-order valence-electron chi connectivity index (χ0n) is 15.1. The Kier molecular flexibility index (Phi) is 4.42. The first-order valence-electron chi connectivity index (χ1n) is 8.79. The highest BCUT2D eigenvalue weighted by atomic mass is 16.5. The van der Waals surface area contributed by atoms with E-state index in [0.717, 1.165) is 53.8 Å². The van der Waals surface area contributed by atoms with Gasteiger partial charge in [0.1, 0.15) is 17.4 Å². The number of methoxy groups -OCH3 is 1. The maximum absolute atomic E-state index is 6.32. The van der Waals surface area contributed by atoms with Crippen molar-refractivity contribution in [1.29, 1.82) is 0 Å². The Hall–Kier alpha value is -2.73. The topological polar surface area (TPSA) is 71.5 Å². The van der Waals surface area contributed by atoms with Gasteiger partial charge in [0.15, 0.2) is 0 Å². The molecule has 0 radical (unpaired) electrons. The molecule has 1 fully saturated rings. The Morgan fingerprint density at radius 3 is 2.77 bits per heavy atom. The number of hydrogen-bond donors (Lipinski definition) is 1. The molecule has 26 heavy (non-hydrogen) atoms. The van der Waals surface area contributed by atoms with Crippen molar-refractivity contribution in [3.63, 3.8) is 0 Å². The van der Waals surface area contributed by atoms with Crippen LogP contribution in [-0.2, 0) is 11.8 Å². The summed E-state index contributed by atoms with van der Waals surface area (Å²) in [5.74, 6) is 1.45. The summed E-state index contributed by atoms with van der Waals surface area (Å²) >= 11 is 0. The van der Waals surface area contributed by atoms with Crippen LogP contribution in [0, 0.1) is 0 Å². The number of aryl methyl sites for hydroxylation is 1. The van der Waals surface area contributed by atoms with Gasteiger partial charge in [-0.25, -0.2) is 4.98 Å². The van der Waals surface area contributed by atoms with Crippen molar-refractivity contribution in [2.24, 2.45) is 7.05 Å². The van der Waals surface area contributed by atoms with Crippen LogP contribution in [0.1, 0.15) is 12.8 Å². The van der Waals surface area contributed by atoms with Crippen molar-refractivity contribution in [1.82, 2.24) is 9.55 Å². The molecule has 0 bridgehead atoms. The third-order valence-electron chi connectivity index (χ3n) is 4.81. The van der Waals surface area contributed by atoms with Gasteiger partial charge >= 0.3 is 0 Å². The van der Waals surface area contributed by atoms with Crippen molar-refractivity contribution in [3.8, 4) is 22.8 Å². The number of hydrogen-bond acceptors (Lipinski definition) is 5. The maximum atomic E-state index is 6.32. The Bertz CT molecular complexity index is 929. The zero-order valence-corrected chi connectivity index (χ0v) is 15.1. The van der Waals surface area contributed by atoms with E-state index in [9.17, 15) is 0 Å². The zero-order chi connectivity index (χ0) is 18.1. The molecule has 2 aromatic heterocycles. The highest BCUT2D eigenvalue weighted by Gasteiger charge is 2.20. The number of nitrogens with two attached hydrogens (primary N) is 1. The molecular formula is C20H23N3O3. The highest BCUT2D eigenvalue weighted by Crippen LogP contribution is 2.40. The Balaban J connectivity index is 1.82. The largest absolute Gasteiger partial charge is 0.490 e. The quantitative estimate of drug-likeness (QED) is 0.728. The lowest BCUT2D eigenvalue weighted by Gasteiger charge is -2.24. The van der Waals surface area contributed by atoms with E-state index in [1.54, 1.807) is 13.3 Å². The molecule has 0 atom stereocenters. The van der Waals surface area contributed by atoms with E-state index < -0.39 is 0 Å². The molecular weight excluding hydrogens is 330 g/mol. The number of nitrogen functional groups attached to an aromatic ring is 1. The van der Waals surface area contributed by atoms with Crippen LogP contribution >= 0.6 is 0 Å². The van der Waals surface area contributed by atoms with Crippen LogP contribution in [0.3, 0.4) is 0 Å². The molecule has 4 rings (SSSR count). The second-order valence-corrected chi connectivity index (χ2v) is 6.56. The van der Waals surface area contributed by atoms with Crippen molar-refractivity contribution in [2.45, 2.75) is 18.9 Å². The lowest BCUT2D eigenvalue weighted by atomic mass is 10.0. The summed E-state index contributed by atoms with van der Waals surface area (Å²) in [6.45, 7) is 1.48. The number of benzene rings is 1. The Morgan fingerprint density at radius 2 is 2.00 bits per heavy atom. The van der Waals surface area contributed by atoms with Gasteiger partial charge in [0, 0.05) is 54.5 Å². The van der Waals surface area contributed by atoms with E-state index in [-0.39, 0.29) is 6.10 Å². The Labute approximate surface area is 152 Å². The molecule has 0 unspecified atom stereocenters. The number of rotatable bonds is 4. The van der Waals surface area contributed by atoms with Gasteiger partial charge in [-0.2, -0.15) is 0 Å². The SMILES string of the molecule is COc1nccc2c(-c3cc(N)ccc3OC3CCOCC3)cn(C)c12. The minimum absolute atomic E-state index is 0.164. The van der Waals surface area contributed by atoms with E-state index in [0.29, 0.717) is 11.6 Å². The van der Waals surface area contributed by atoms with Gasteiger partial charge < -0.3 is 24.5 Å². The van der Waals surface area contributed by atoms with E-state index >= 15 is 0 Å². The van der Waals surface area contributed by atoms with Crippen molar-refractivity contribution in [3.05, 3.63) is 36.7 Å². The molecule has 136 valence electrons. The standard InChI is InChI=1S/C20H23N3O3/c1-23-12-17(15-5-8-22-20(24-2)19(15)23)16-11-13(21)3-4-18(16)26-14-6-9-25-10-7-14/h3-5,8,11-12,14H,6-7,9-10,21H2,1-2H3. The summed E-state index contributed by atoms with van der Waals surface area (Å²) in [7, 11) is 3.62. The third kappa shape index (κ3) is 2.97. The van der Waals surface area contributed by atoms with Gasteiger partial charge in [0.25, 0.3) is 0 Å². The molecule has 1 aliphatic heterocycles. The van der Waals surface area contributed by atoms with Gasteiger partial charge in [-0.15, -0.1) is 0 Å². The molecule has 6 heteroatoms. The molecule has 0 aliphatic carbocycles. The molecule has 0 amide bonds. The van der Waals surface area contributed by atoms with Crippen LogP contribution in [0.15, 0.2) is 36.7 Å². The lowest BCUT2D eigenvalue weighted by Crippen LogP contribution is -2.26. The van der Waals surface area contributed by atoms with E-state index in [1.165, 1.54) is 0 Å². The number of ether oxygens (including phenoxy) is 3. The number of pyridine rings is 1. The third-order valence-corrected chi connectivity index (χ3v) is 4.81. The fourth-order valence-corrected chi connectivity index (χ4v) is 3.52. The molecule has 2 N–H and O–H groups in total. The average molecular weight is 353 g/mol. The smallest absolute Gasteiger partial charge is 0.238 e. The van der Waals surface area contributed by atoms with Gasteiger partial charge in [-0.1, -0.05) is 0 Å². The summed E-state index contributed by atoms with van der Waals surface area (Å²) in [6.07, 6.45) is 5.79. The molecule has 3 aromatic rings. The molecule has 3 heterocycles. The highest BCUT2D eigenvalue weighted by molar-refractivity contribution is 5.99. The number of fused-ring (bicyclic) bond motifs is 1. The fraction of sp³-hybridized carbons (Fsp3) is 0.350. The van der Waals surface area contributed by atoms with Crippen molar-refractivity contribution < 1.29 is 14.2 Å². The summed E-state index contributed by atoms with van der Waals surface area (Å²) in [5, 5.41) is 1.06. The van der Waals surface area contributed by atoms with Gasteiger partial charge in [0.2, 0.25) is 5.88 Å². The molecule has 1 aromatic carbocycles. The van der Waals surface area contributed by atoms with E-state index in [2.05, 4.69) is 11.2 Å². The summed E-state index contributed by atoms with van der Waals surface area (Å²) < 4.78 is 19.2. The summed E-state index contributed by atoms with van der Waals surface area (Å²) in [4.78, 5) is 4.31. The van der Waals surface area contributed by atoms with Crippen molar-refractivity contribution >= 4 is 16.6 Å². The monoisotopic (exact) mass is 353 g/mol. The van der Waals surface area contributed by atoms with Crippen LogP contribution < -0.4 is 15.2 Å². The minimum atomic E-state index is 0.164. The van der Waals surface area contributed by atoms with Crippen LogP contribution in [0.4, 0.5) is 5.69 Å². The summed E-state index contributed by atoms with van der Waals surface area (Å²) in [5.41, 5.74) is 9.78. The predicted molar refractivity (Wildman–Crippen MR) is 102 cm³/mol. The second-order valence-electron chi connectivity index (χ2n) is 6.56. The number of aromatic nitrogens is 2.